The minimum Gasteiger partial charge on any atom is -0.497 e. The summed E-state index contributed by atoms with van der Waals surface area (Å²) >= 11 is 0. The maximum Gasteiger partial charge on any atom is 0.251 e. The van der Waals surface area contributed by atoms with Crippen LogP contribution in [0.1, 0.15) is 25.7 Å². The molecular formula is C19H26N2O5. The highest BCUT2D eigenvalue weighted by Gasteiger charge is 2.32. The molecule has 0 saturated carbocycles. The zero-order valence-electron chi connectivity index (χ0n) is 15.3. The topological polar surface area (TPSA) is 77.1 Å². The molecule has 0 spiro atoms. The maximum absolute atomic E-state index is 12.6. The molecule has 7 heteroatoms. The van der Waals surface area contributed by atoms with Gasteiger partial charge in [-0.3, -0.25) is 9.59 Å². The van der Waals surface area contributed by atoms with Crippen molar-refractivity contribution in [1.82, 2.24) is 4.90 Å². The number of anilines is 1. The molecule has 7 nitrogen and oxygen atoms in total. The molecule has 2 heterocycles. The molecule has 1 aromatic carbocycles. The van der Waals surface area contributed by atoms with Gasteiger partial charge in [-0.05, 0) is 37.8 Å². The van der Waals surface area contributed by atoms with Gasteiger partial charge in [0.2, 0.25) is 5.91 Å². The van der Waals surface area contributed by atoms with Gasteiger partial charge in [0.1, 0.15) is 17.6 Å². The minimum atomic E-state index is -0.288. The van der Waals surface area contributed by atoms with Gasteiger partial charge in [-0.15, -0.1) is 0 Å². The van der Waals surface area contributed by atoms with Gasteiger partial charge in [0, 0.05) is 31.7 Å². The highest BCUT2D eigenvalue weighted by atomic mass is 16.5. The average molecular weight is 362 g/mol. The van der Waals surface area contributed by atoms with Gasteiger partial charge in [0.25, 0.3) is 5.91 Å². The quantitative estimate of drug-likeness (QED) is 0.868. The molecule has 2 fully saturated rings. The Morgan fingerprint density at radius 2 is 1.92 bits per heavy atom. The summed E-state index contributed by atoms with van der Waals surface area (Å²) in [6, 6.07) is 5.28. The molecular weight excluding hydrogens is 336 g/mol. The maximum atomic E-state index is 12.6. The van der Waals surface area contributed by atoms with Gasteiger partial charge in [-0.25, -0.2) is 0 Å². The number of nitrogens with zero attached hydrogens (tertiary/aromatic N) is 1. The van der Waals surface area contributed by atoms with Crippen molar-refractivity contribution in [2.75, 3.05) is 39.2 Å². The Bertz CT molecular complexity index is 649. The van der Waals surface area contributed by atoms with E-state index < -0.39 is 0 Å². The summed E-state index contributed by atoms with van der Waals surface area (Å²) in [5.74, 6) is 1.13. The van der Waals surface area contributed by atoms with E-state index in [-0.39, 0.29) is 23.8 Å². The van der Waals surface area contributed by atoms with E-state index in [1.807, 2.05) is 4.90 Å². The number of nitrogens with one attached hydrogen (secondary N) is 1. The zero-order valence-corrected chi connectivity index (χ0v) is 15.3. The first kappa shape index (κ1) is 18.5. The normalized spacial score (nSPS) is 20.7. The lowest BCUT2D eigenvalue weighted by atomic mass is 9.95. The first-order valence-electron chi connectivity index (χ1n) is 9.05. The van der Waals surface area contributed by atoms with Crippen molar-refractivity contribution in [1.29, 1.82) is 0 Å². The minimum absolute atomic E-state index is 0.0438. The molecule has 26 heavy (non-hydrogen) atoms. The molecule has 2 aliphatic rings. The van der Waals surface area contributed by atoms with Crippen LogP contribution >= 0.6 is 0 Å². The summed E-state index contributed by atoms with van der Waals surface area (Å²) in [6.45, 7) is 1.85. The smallest absolute Gasteiger partial charge is 0.251 e. The van der Waals surface area contributed by atoms with E-state index in [1.54, 1.807) is 32.4 Å². The molecule has 1 N–H and O–H groups in total. The van der Waals surface area contributed by atoms with E-state index in [0.717, 1.165) is 12.8 Å². The Labute approximate surface area is 153 Å². The fourth-order valence-corrected chi connectivity index (χ4v) is 3.47. The van der Waals surface area contributed by atoms with Gasteiger partial charge < -0.3 is 24.4 Å². The number of hydrogen-bond donors (Lipinski definition) is 1. The van der Waals surface area contributed by atoms with Crippen molar-refractivity contribution < 1.29 is 23.8 Å². The lowest BCUT2D eigenvalue weighted by molar-refractivity contribution is -0.143. The van der Waals surface area contributed by atoms with E-state index in [9.17, 15) is 9.59 Å². The number of piperidine rings is 1. The second-order valence-corrected chi connectivity index (χ2v) is 6.66. The largest absolute Gasteiger partial charge is 0.497 e. The standard InChI is InChI=1S/C19H26N2O5/c1-24-14-5-6-15(17(12-14)25-2)20-18(22)13-7-9-21(10-8-13)19(23)16-4-3-11-26-16/h5-6,12-13,16H,3-4,7-11H2,1-2H3,(H,20,22). The first-order valence-corrected chi connectivity index (χ1v) is 9.05. The Hall–Kier alpha value is -2.28. The van der Waals surface area contributed by atoms with Crippen LogP contribution in [-0.2, 0) is 14.3 Å². The number of benzene rings is 1. The number of ether oxygens (including phenoxy) is 3. The summed E-state index contributed by atoms with van der Waals surface area (Å²) in [5, 5.41) is 2.93. The van der Waals surface area contributed by atoms with Crippen LogP contribution in [0.4, 0.5) is 5.69 Å². The number of methoxy groups -OCH3 is 2. The first-order chi connectivity index (χ1) is 12.6. The van der Waals surface area contributed by atoms with E-state index in [2.05, 4.69) is 5.32 Å². The fourth-order valence-electron chi connectivity index (χ4n) is 3.47. The van der Waals surface area contributed by atoms with Crippen LogP contribution < -0.4 is 14.8 Å². The van der Waals surface area contributed by atoms with Crippen molar-refractivity contribution >= 4 is 17.5 Å². The van der Waals surface area contributed by atoms with Crippen molar-refractivity contribution in [2.45, 2.75) is 31.8 Å². The number of carbonyl (C=O) groups excluding carboxylic acids is 2. The number of likely N-dealkylation sites (tertiary alicyclic amines) is 1. The summed E-state index contributed by atoms with van der Waals surface area (Å²) < 4.78 is 16.0. The molecule has 0 aromatic heterocycles. The van der Waals surface area contributed by atoms with E-state index in [0.29, 0.717) is 49.7 Å². The van der Waals surface area contributed by atoms with E-state index in [4.69, 9.17) is 14.2 Å². The molecule has 3 rings (SSSR count). The van der Waals surface area contributed by atoms with Crippen LogP contribution in [0.25, 0.3) is 0 Å². The Morgan fingerprint density at radius 3 is 2.54 bits per heavy atom. The monoisotopic (exact) mass is 362 g/mol. The summed E-state index contributed by atoms with van der Waals surface area (Å²) in [4.78, 5) is 26.8. The van der Waals surface area contributed by atoms with Gasteiger partial charge in [-0.2, -0.15) is 0 Å². The second-order valence-electron chi connectivity index (χ2n) is 6.66. The highest BCUT2D eigenvalue weighted by molar-refractivity contribution is 5.94. The van der Waals surface area contributed by atoms with Crippen molar-refractivity contribution in [2.24, 2.45) is 5.92 Å². The SMILES string of the molecule is COc1ccc(NC(=O)C2CCN(C(=O)C3CCCO3)CC2)c(OC)c1. The van der Waals surface area contributed by atoms with Crippen molar-refractivity contribution in [3.63, 3.8) is 0 Å². The van der Waals surface area contributed by atoms with Gasteiger partial charge in [-0.1, -0.05) is 0 Å². The predicted octanol–water partition coefficient (Wildman–Crippen LogP) is 2.06. The van der Waals surface area contributed by atoms with E-state index in [1.165, 1.54) is 0 Å². The molecule has 142 valence electrons. The molecule has 0 bridgehead atoms. The van der Waals surface area contributed by atoms with Gasteiger partial charge >= 0.3 is 0 Å². The van der Waals surface area contributed by atoms with Gasteiger partial charge in [0.15, 0.2) is 0 Å². The number of rotatable bonds is 5. The summed E-state index contributed by atoms with van der Waals surface area (Å²) in [5.41, 5.74) is 0.621. The molecule has 2 saturated heterocycles. The zero-order chi connectivity index (χ0) is 18.5. The third-order valence-corrected chi connectivity index (χ3v) is 5.05. The van der Waals surface area contributed by atoms with Crippen molar-refractivity contribution in [3.05, 3.63) is 18.2 Å². The third-order valence-electron chi connectivity index (χ3n) is 5.05. The lowest BCUT2D eigenvalue weighted by Gasteiger charge is -2.32. The number of carbonyl (C=O) groups is 2. The van der Waals surface area contributed by atoms with Crippen LogP contribution in [0, 0.1) is 5.92 Å². The van der Waals surface area contributed by atoms with Crippen LogP contribution in [-0.4, -0.2) is 56.7 Å². The Kier molecular flexibility index (Phi) is 5.98. The lowest BCUT2D eigenvalue weighted by Crippen LogP contribution is -2.45. The molecule has 0 radical (unpaired) electrons. The molecule has 0 aliphatic carbocycles. The van der Waals surface area contributed by atoms with Crippen molar-refractivity contribution in [3.8, 4) is 11.5 Å². The van der Waals surface area contributed by atoms with E-state index >= 15 is 0 Å². The van der Waals surface area contributed by atoms with Crippen LogP contribution in [0.3, 0.4) is 0 Å². The Morgan fingerprint density at radius 1 is 1.15 bits per heavy atom. The predicted molar refractivity (Wildman–Crippen MR) is 96.5 cm³/mol. The van der Waals surface area contributed by atoms with Crippen LogP contribution in [0.5, 0.6) is 11.5 Å². The summed E-state index contributed by atoms with van der Waals surface area (Å²) in [7, 11) is 3.14. The third kappa shape index (κ3) is 4.09. The molecule has 2 aliphatic heterocycles. The van der Waals surface area contributed by atoms with Crippen LogP contribution in [0.15, 0.2) is 18.2 Å². The Balaban J connectivity index is 1.54. The summed E-state index contributed by atoms with van der Waals surface area (Å²) in [6.07, 6.45) is 2.77. The van der Waals surface area contributed by atoms with Crippen LogP contribution in [0.2, 0.25) is 0 Å². The average Bonchev–Trinajstić information content (AvgIpc) is 3.22. The second kappa shape index (κ2) is 8.40. The molecule has 2 amide bonds. The molecule has 1 atom stereocenters. The number of hydrogen-bond acceptors (Lipinski definition) is 5. The van der Waals surface area contributed by atoms with Gasteiger partial charge in [0.05, 0.1) is 19.9 Å². The number of amides is 2. The molecule has 1 unspecified atom stereocenters. The molecule has 1 aromatic rings. The fraction of sp³-hybridized carbons (Fsp3) is 0.579. The highest BCUT2D eigenvalue weighted by Crippen LogP contribution is 2.30.